The highest BCUT2D eigenvalue weighted by Gasteiger charge is 2.20. The molecule has 0 saturated heterocycles. The zero-order valence-corrected chi connectivity index (χ0v) is 14.8. The summed E-state index contributed by atoms with van der Waals surface area (Å²) in [5.74, 6) is 1.42. The Hall–Kier alpha value is -0.710. The smallest absolute Gasteiger partial charge is 0.230 e. The van der Waals surface area contributed by atoms with Crippen molar-refractivity contribution in [2.75, 3.05) is 12.3 Å². The number of thioether (sulfide) groups is 1. The van der Waals surface area contributed by atoms with Gasteiger partial charge in [-0.25, -0.2) is 0 Å². The molecule has 0 spiro atoms. The summed E-state index contributed by atoms with van der Waals surface area (Å²) in [6.45, 7) is 6.76. The number of hydrogen-bond donors (Lipinski definition) is 2. The van der Waals surface area contributed by atoms with Crippen LogP contribution in [0.15, 0.2) is 24.3 Å². The highest BCUT2D eigenvalue weighted by atomic mass is 35.5. The summed E-state index contributed by atoms with van der Waals surface area (Å²) in [4.78, 5) is 11.8. The molecule has 0 bridgehead atoms. The number of halogens is 1. The van der Waals surface area contributed by atoms with E-state index in [-0.39, 0.29) is 23.9 Å². The van der Waals surface area contributed by atoms with Gasteiger partial charge in [0.2, 0.25) is 5.91 Å². The van der Waals surface area contributed by atoms with E-state index in [0.29, 0.717) is 12.3 Å². The Morgan fingerprint density at radius 3 is 2.57 bits per heavy atom. The van der Waals surface area contributed by atoms with Gasteiger partial charge in [-0.15, -0.1) is 24.2 Å². The van der Waals surface area contributed by atoms with Crippen molar-refractivity contribution in [2.45, 2.75) is 44.9 Å². The first-order chi connectivity index (χ1) is 9.49. The Bertz CT molecular complexity index is 436. The molecule has 0 saturated carbocycles. The molecule has 120 valence electrons. The lowest BCUT2D eigenvalue weighted by molar-refractivity contribution is -0.118. The van der Waals surface area contributed by atoms with Gasteiger partial charge in [-0.1, -0.05) is 43.7 Å². The first-order valence-corrected chi connectivity index (χ1v) is 8.33. The summed E-state index contributed by atoms with van der Waals surface area (Å²) in [6.07, 6.45) is 1.75. The molecule has 0 fully saturated rings. The fourth-order valence-corrected chi connectivity index (χ4v) is 2.69. The fraction of sp³-hybridized carbons (Fsp3) is 0.562. The van der Waals surface area contributed by atoms with Crippen molar-refractivity contribution in [1.82, 2.24) is 5.32 Å². The predicted molar refractivity (Wildman–Crippen MR) is 95.1 cm³/mol. The maximum Gasteiger partial charge on any atom is 0.230 e. The molecule has 1 aromatic rings. The molecule has 21 heavy (non-hydrogen) atoms. The molecule has 0 atom stereocenters. The molecule has 0 radical (unpaired) electrons. The van der Waals surface area contributed by atoms with E-state index in [1.54, 1.807) is 11.8 Å². The van der Waals surface area contributed by atoms with Gasteiger partial charge in [0.25, 0.3) is 0 Å². The van der Waals surface area contributed by atoms with Crippen LogP contribution in [0.5, 0.6) is 0 Å². The Kier molecular flexibility index (Phi) is 9.75. The third-order valence-electron chi connectivity index (χ3n) is 3.63. The monoisotopic (exact) mass is 330 g/mol. The summed E-state index contributed by atoms with van der Waals surface area (Å²) in [5.41, 5.74) is 8.41. The van der Waals surface area contributed by atoms with E-state index < -0.39 is 0 Å². The van der Waals surface area contributed by atoms with Gasteiger partial charge in [0.05, 0.1) is 5.75 Å². The van der Waals surface area contributed by atoms with E-state index in [9.17, 15) is 4.79 Å². The lowest BCUT2D eigenvalue weighted by Crippen LogP contribution is -2.49. The zero-order chi connectivity index (χ0) is 15.0. The Balaban J connectivity index is 0.00000400. The van der Waals surface area contributed by atoms with Crippen LogP contribution in [-0.4, -0.2) is 23.7 Å². The Labute approximate surface area is 138 Å². The minimum Gasteiger partial charge on any atom is -0.354 e. The SMILES string of the molecule is CCC(N)(CC)CNC(=O)CSCc1cccc(C)c1.Cl. The molecule has 1 aromatic carbocycles. The van der Waals surface area contributed by atoms with Crippen LogP contribution in [0.4, 0.5) is 0 Å². The molecule has 0 heterocycles. The normalized spacial score (nSPS) is 10.9. The van der Waals surface area contributed by atoms with E-state index >= 15 is 0 Å². The largest absolute Gasteiger partial charge is 0.354 e. The quantitative estimate of drug-likeness (QED) is 0.769. The van der Waals surface area contributed by atoms with Crippen molar-refractivity contribution in [1.29, 1.82) is 0 Å². The molecular formula is C16H27ClN2OS. The van der Waals surface area contributed by atoms with Crippen molar-refractivity contribution in [3.05, 3.63) is 35.4 Å². The van der Waals surface area contributed by atoms with Gasteiger partial charge in [-0.05, 0) is 25.3 Å². The minimum atomic E-state index is -0.267. The number of carbonyl (C=O) groups excluding carboxylic acids is 1. The van der Waals surface area contributed by atoms with Crippen LogP contribution in [0.2, 0.25) is 0 Å². The lowest BCUT2D eigenvalue weighted by atomic mass is 9.94. The highest BCUT2D eigenvalue weighted by molar-refractivity contribution is 7.99. The number of benzene rings is 1. The van der Waals surface area contributed by atoms with E-state index in [4.69, 9.17) is 5.73 Å². The summed E-state index contributed by atoms with van der Waals surface area (Å²) in [6, 6.07) is 8.38. The molecule has 3 nitrogen and oxygen atoms in total. The number of hydrogen-bond acceptors (Lipinski definition) is 3. The topological polar surface area (TPSA) is 55.1 Å². The number of rotatable bonds is 8. The van der Waals surface area contributed by atoms with E-state index in [1.165, 1.54) is 11.1 Å². The summed E-state index contributed by atoms with van der Waals surface area (Å²) in [5, 5.41) is 2.94. The van der Waals surface area contributed by atoms with Crippen molar-refractivity contribution in [3.63, 3.8) is 0 Å². The van der Waals surface area contributed by atoms with Crippen LogP contribution in [0, 0.1) is 6.92 Å². The molecule has 0 aliphatic rings. The molecule has 1 rings (SSSR count). The lowest BCUT2D eigenvalue weighted by Gasteiger charge is -2.26. The molecule has 3 N–H and O–H groups in total. The maximum atomic E-state index is 11.8. The van der Waals surface area contributed by atoms with Crippen molar-refractivity contribution < 1.29 is 4.79 Å². The molecule has 0 aromatic heterocycles. The van der Waals surface area contributed by atoms with Crippen LogP contribution >= 0.6 is 24.2 Å². The van der Waals surface area contributed by atoms with Crippen LogP contribution in [0.25, 0.3) is 0 Å². The first kappa shape index (κ1) is 20.3. The second-order valence-corrected chi connectivity index (χ2v) is 6.31. The second-order valence-electron chi connectivity index (χ2n) is 5.33. The second kappa shape index (κ2) is 10.1. The van der Waals surface area contributed by atoms with Gasteiger partial charge in [0.1, 0.15) is 0 Å². The van der Waals surface area contributed by atoms with E-state index in [0.717, 1.165) is 18.6 Å². The first-order valence-electron chi connectivity index (χ1n) is 7.18. The molecule has 1 amide bonds. The van der Waals surface area contributed by atoms with Gasteiger partial charge < -0.3 is 11.1 Å². The summed E-state index contributed by atoms with van der Waals surface area (Å²) in [7, 11) is 0. The van der Waals surface area contributed by atoms with Gasteiger partial charge >= 0.3 is 0 Å². The van der Waals surface area contributed by atoms with Crippen LogP contribution < -0.4 is 11.1 Å². The minimum absolute atomic E-state index is 0. The molecule has 0 unspecified atom stereocenters. The number of aryl methyl sites for hydroxylation is 1. The van der Waals surface area contributed by atoms with E-state index in [1.807, 2.05) is 0 Å². The standard InChI is InChI=1S/C16H26N2OS.ClH/c1-4-16(17,5-2)12-18-15(19)11-20-10-14-8-6-7-13(3)9-14;/h6-9H,4-5,10-12,17H2,1-3H3,(H,18,19);1H. The van der Waals surface area contributed by atoms with Gasteiger partial charge in [-0.3, -0.25) is 4.79 Å². The summed E-state index contributed by atoms with van der Waals surface area (Å²) < 4.78 is 0. The third-order valence-corrected chi connectivity index (χ3v) is 4.63. The molecule has 0 aliphatic carbocycles. The van der Waals surface area contributed by atoms with Gasteiger partial charge in [0.15, 0.2) is 0 Å². The van der Waals surface area contributed by atoms with E-state index in [2.05, 4.69) is 50.4 Å². The number of carbonyl (C=O) groups is 1. The molecular weight excluding hydrogens is 304 g/mol. The fourth-order valence-electron chi connectivity index (χ4n) is 1.89. The predicted octanol–water partition coefficient (Wildman–Crippen LogP) is 3.28. The van der Waals surface area contributed by atoms with Crippen LogP contribution in [0.1, 0.15) is 37.8 Å². The van der Waals surface area contributed by atoms with Crippen molar-refractivity contribution >= 4 is 30.1 Å². The average molecular weight is 331 g/mol. The Morgan fingerprint density at radius 2 is 2.00 bits per heavy atom. The number of amides is 1. The third kappa shape index (κ3) is 7.74. The maximum absolute atomic E-state index is 11.8. The average Bonchev–Trinajstić information content (AvgIpc) is 2.45. The van der Waals surface area contributed by atoms with Crippen molar-refractivity contribution in [2.24, 2.45) is 5.73 Å². The van der Waals surface area contributed by atoms with Crippen molar-refractivity contribution in [3.8, 4) is 0 Å². The highest BCUT2D eigenvalue weighted by Crippen LogP contribution is 2.13. The Morgan fingerprint density at radius 1 is 1.33 bits per heavy atom. The summed E-state index contributed by atoms with van der Waals surface area (Å²) >= 11 is 1.64. The van der Waals surface area contributed by atoms with Crippen LogP contribution in [-0.2, 0) is 10.5 Å². The van der Waals surface area contributed by atoms with Gasteiger partial charge in [-0.2, -0.15) is 0 Å². The molecule has 0 aliphatic heterocycles. The number of nitrogens with two attached hydrogens (primary N) is 1. The zero-order valence-electron chi connectivity index (χ0n) is 13.1. The van der Waals surface area contributed by atoms with Crippen LogP contribution in [0.3, 0.4) is 0 Å². The molecule has 5 heteroatoms. The van der Waals surface area contributed by atoms with Gasteiger partial charge in [0, 0.05) is 17.8 Å². The number of nitrogens with one attached hydrogen (secondary N) is 1.